The van der Waals surface area contributed by atoms with E-state index < -0.39 is 97.3 Å². The van der Waals surface area contributed by atoms with Crippen LogP contribution in [0.1, 0.15) is 31.8 Å². The Hall–Kier alpha value is -6.16. The standard InChI is InChI=1S/2C16H17ClN2O6S2.C10H9NO7S2/c2*17-7-8-26(21,22)10-11-1-3-12(4-2-11)16(20)19-13-5-6-15(14(18)9-13)27(23,24)25;11-8-3-6(19(13,14)15)1-5-2-7(20(16,17)18)4-9(12)10(5)8/h2*1-6,9H,7-8,10,18H2,(H,19,20)(H,23,24,25);1-4,12H,11H2,(H,13,14,15)(H,16,17,18). The molecule has 32 heteroatoms. The molecule has 0 aliphatic rings. The van der Waals surface area contributed by atoms with Crippen molar-refractivity contribution in [1.82, 2.24) is 0 Å². The molecule has 6 aromatic carbocycles. The van der Waals surface area contributed by atoms with E-state index in [9.17, 15) is 65.2 Å². The maximum atomic E-state index is 12.3. The smallest absolute Gasteiger partial charge is 0.296 e. The molecular weight excluding hydrogens is 1140 g/mol. The predicted molar refractivity (Wildman–Crippen MR) is 276 cm³/mol. The van der Waals surface area contributed by atoms with Gasteiger partial charge in [0.25, 0.3) is 52.3 Å². The minimum Gasteiger partial charge on any atom is -0.507 e. The van der Waals surface area contributed by atoms with Gasteiger partial charge in [0.1, 0.15) is 15.5 Å². The molecule has 0 saturated carbocycles. The Morgan fingerprint density at radius 1 is 0.459 bits per heavy atom. The number of hydrogen-bond donors (Lipinski definition) is 10. The number of phenols is 1. The van der Waals surface area contributed by atoms with E-state index in [0.29, 0.717) is 11.1 Å². The van der Waals surface area contributed by atoms with Gasteiger partial charge in [-0.25, -0.2) is 16.8 Å². The lowest BCUT2D eigenvalue weighted by molar-refractivity contribution is 0.101. The summed E-state index contributed by atoms with van der Waals surface area (Å²) in [5.74, 6) is -2.10. The number of benzene rings is 6. The lowest BCUT2D eigenvalue weighted by Crippen LogP contribution is -2.13. The molecule has 6 aromatic rings. The lowest BCUT2D eigenvalue weighted by Gasteiger charge is -2.09. The van der Waals surface area contributed by atoms with E-state index in [-0.39, 0.29) is 85.1 Å². The van der Waals surface area contributed by atoms with Gasteiger partial charge in [-0.15, -0.1) is 23.2 Å². The molecule has 0 atom stereocenters. The zero-order valence-electron chi connectivity index (χ0n) is 37.5. The van der Waals surface area contributed by atoms with E-state index in [1.54, 1.807) is 0 Å². The van der Waals surface area contributed by atoms with Crippen molar-refractivity contribution in [3.8, 4) is 5.75 Å². The van der Waals surface area contributed by atoms with Crippen LogP contribution in [0, 0.1) is 0 Å². The minimum atomic E-state index is -4.59. The van der Waals surface area contributed by atoms with Crippen molar-refractivity contribution in [3.05, 3.63) is 131 Å². The van der Waals surface area contributed by atoms with Gasteiger partial charge < -0.3 is 32.9 Å². The first kappa shape index (κ1) is 60.4. The largest absolute Gasteiger partial charge is 0.507 e. The number of phenolic OH excluding ortho intramolecular Hbond substituents is 1. The van der Waals surface area contributed by atoms with Crippen LogP contribution in [-0.2, 0) is 71.7 Å². The van der Waals surface area contributed by atoms with E-state index in [1.165, 1.54) is 72.8 Å². The van der Waals surface area contributed by atoms with Crippen LogP contribution in [0.15, 0.2) is 129 Å². The number of alkyl halides is 2. The Labute approximate surface area is 434 Å². The molecule has 0 fully saturated rings. The van der Waals surface area contributed by atoms with Crippen LogP contribution < -0.4 is 27.8 Å². The first-order chi connectivity index (χ1) is 34.0. The fraction of sp³-hybridized carbons (Fsp3) is 0.143. The number of fused-ring (bicyclic) bond motifs is 1. The fourth-order valence-corrected chi connectivity index (χ4v) is 12.1. The second kappa shape index (κ2) is 24.0. The first-order valence-electron chi connectivity index (χ1n) is 20.1. The molecule has 0 spiro atoms. The first-order valence-corrected chi connectivity index (χ1v) is 30.6. The van der Waals surface area contributed by atoms with Crippen molar-refractivity contribution in [1.29, 1.82) is 0 Å². The molecule has 24 nitrogen and oxygen atoms in total. The number of hydrogen-bond acceptors (Lipinski definition) is 18. The zero-order chi connectivity index (χ0) is 55.8. The number of anilines is 5. The number of rotatable bonds is 16. The van der Waals surface area contributed by atoms with Crippen molar-refractivity contribution in [3.63, 3.8) is 0 Å². The maximum absolute atomic E-state index is 12.3. The maximum Gasteiger partial charge on any atom is 0.296 e. The van der Waals surface area contributed by atoms with Crippen molar-refractivity contribution in [2.24, 2.45) is 0 Å². The predicted octanol–water partition coefficient (Wildman–Crippen LogP) is 4.46. The Bertz CT molecular complexity index is 3570. The molecule has 13 N–H and O–H groups in total. The average molecular weight is 1190 g/mol. The molecule has 0 aliphatic carbocycles. The number of nitrogens with two attached hydrogens (primary N) is 3. The molecule has 0 radical (unpaired) electrons. The molecular formula is C42H43Cl2N5O19S6. The number of halogens is 2. The third kappa shape index (κ3) is 17.5. The highest BCUT2D eigenvalue weighted by Gasteiger charge is 2.20. The van der Waals surface area contributed by atoms with Gasteiger partial charge in [-0.2, -0.15) is 33.7 Å². The number of aromatic hydroxyl groups is 1. The average Bonchev–Trinajstić information content (AvgIpc) is 3.25. The van der Waals surface area contributed by atoms with Gasteiger partial charge in [0, 0.05) is 51.4 Å². The number of nitrogens with one attached hydrogen (secondary N) is 2. The topological polar surface area (TPSA) is 442 Å². The second-order valence-electron chi connectivity index (χ2n) is 15.3. The van der Waals surface area contributed by atoms with Gasteiger partial charge in [0.05, 0.1) is 44.2 Å². The van der Waals surface area contributed by atoms with Gasteiger partial charge in [-0.3, -0.25) is 27.8 Å². The van der Waals surface area contributed by atoms with Crippen molar-refractivity contribution >= 4 is 134 Å². The molecule has 0 saturated heterocycles. The molecule has 0 aliphatic heterocycles. The van der Waals surface area contributed by atoms with Gasteiger partial charge in [-0.05, 0) is 95.4 Å². The van der Waals surface area contributed by atoms with E-state index in [2.05, 4.69) is 10.6 Å². The molecule has 0 bridgehead atoms. The summed E-state index contributed by atoms with van der Waals surface area (Å²) in [6, 6.07) is 22.6. The Morgan fingerprint density at radius 3 is 1.12 bits per heavy atom. The van der Waals surface area contributed by atoms with Crippen LogP contribution in [0.2, 0.25) is 0 Å². The molecule has 2 amide bonds. The van der Waals surface area contributed by atoms with Crippen molar-refractivity contribution in [2.45, 2.75) is 31.1 Å². The van der Waals surface area contributed by atoms with Crippen LogP contribution in [-0.4, -0.2) is 109 Å². The van der Waals surface area contributed by atoms with Crippen LogP contribution in [0.5, 0.6) is 5.75 Å². The fourth-order valence-electron chi connectivity index (χ4n) is 6.29. The van der Waals surface area contributed by atoms with Crippen molar-refractivity contribution in [2.75, 3.05) is 51.1 Å². The summed E-state index contributed by atoms with van der Waals surface area (Å²) in [6.07, 6.45) is 0. The van der Waals surface area contributed by atoms with E-state index in [4.69, 9.17) is 58.6 Å². The molecule has 74 heavy (non-hydrogen) atoms. The number of nitrogen functional groups attached to an aromatic ring is 3. The lowest BCUT2D eigenvalue weighted by atomic mass is 10.1. The third-order valence-electron chi connectivity index (χ3n) is 9.67. The van der Waals surface area contributed by atoms with E-state index >= 15 is 0 Å². The van der Waals surface area contributed by atoms with E-state index in [1.807, 2.05) is 0 Å². The van der Waals surface area contributed by atoms with Crippen LogP contribution in [0.25, 0.3) is 10.8 Å². The summed E-state index contributed by atoms with van der Waals surface area (Å²) < 4.78 is 172. The van der Waals surface area contributed by atoms with Gasteiger partial charge in [-0.1, -0.05) is 24.3 Å². The summed E-state index contributed by atoms with van der Waals surface area (Å²) in [4.78, 5) is 22.4. The minimum absolute atomic E-state index is 0.00444. The van der Waals surface area contributed by atoms with Gasteiger partial charge in [0.2, 0.25) is 0 Å². The van der Waals surface area contributed by atoms with Crippen molar-refractivity contribution < 1.29 is 83.4 Å². The number of carbonyl (C=O) groups is 2. The normalized spacial score (nSPS) is 12.1. The summed E-state index contributed by atoms with van der Waals surface area (Å²) in [7, 11) is -24.6. The number of carbonyl (C=O) groups excluding carboxylic acids is 2. The van der Waals surface area contributed by atoms with Gasteiger partial charge in [0.15, 0.2) is 19.7 Å². The number of amides is 2. The summed E-state index contributed by atoms with van der Waals surface area (Å²) >= 11 is 10.9. The van der Waals surface area contributed by atoms with Gasteiger partial charge >= 0.3 is 0 Å². The van der Waals surface area contributed by atoms with E-state index in [0.717, 1.165) is 36.4 Å². The van der Waals surface area contributed by atoms with Crippen LogP contribution >= 0.6 is 23.2 Å². The highest BCUT2D eigenvalue weighted by molar-refractivity contribution is 7.91. The summed E-state index contributed by atoms with van der Waals surface area (Å²) in [5, 5.41) is 14.7. The molecule has 0 unspecified atom stereocenters. The quantitative estimate of drug-likeness (QED) is 0.0363. The van der Waals surface area contributed by atoms with Crippen LogP contribution in [0.3, 0.4) is 0 Å². The monoisotopic (exact) mass is 1180 g/mol. The number of sulfone groups is 2. The Morgan fingerprint density at radius 2 is 0.811 bits per heavy atom. The zero-order valence-corrected chi connectivity index (χ0v) is 43.9. The Balaban J connectivity index is 0.000000243. The third-order valence-corrected chi connectivity index (χ3v) is 17.2. The Kier molecular flexibility index (Phi) is 19.6. The molecule has 0 aromatic heterocycles. The summed E-state index contributed by atoms with van der Waals surface area (Å²) in [5.41, 5.74) is 18.2. The molecule has 0 heterocycles. The van der Waals surface area contributed by atoms with Crippen LogP contribution in [0.4, 0.5) is 28.4 Å². The highest BCUT2D eigenvalue weighted by Crippen LogP contribution is 2.35. The molecule has 6 rings (SSSR count). The highest BCUT2D eigenvalue weighted by atomic mass is 35.5. The second-order valence-corrected chi connectivity index (χ2v) is 26.1. The summed E-state index contributed by atoms with van der Waals surface area (Å²) in [6.45, 7) is 0. The molecule has 400 valence electrons. The SMILES string of the molecule is Nc1cc(NC(=O)c2ccc(CS(=O)(=O)CCCl)cc2)ccc1S(=O)(=O)O.Nc1cc(NC(=O)c2ccc(CS(=O)(=O)CCCl)cc2)ccc1S(=O)(=O)O.Nc1cc(S(=O)(=O)O)cc2cc(S(=O)(=O)O)cc(O)c12.